The van der Waals surface area contributed by atoms with Gasteiger partial charge in [-0.1, -0.05) is 23.7 Å². The molecule has 27 heavy (non-hydrogen) atoms. The maximum Gasteiger partial charge on any atom is 0.263 e. The van der Waals surface area contributed by atoms with E-state index in [1.165, 1.54) is 6.21 Å². The minimum Gasteiger partial charge on any atom is -0.506 e. The molecule has 1 aromatic heterocycles. The number of carbonyl (C=O) groups excluding carboxylic acids is 1. The lowest BCUT2D eigenvalue weighted by Gasteiger charge is -2.03. The van der Waals surface area contributed by atoms with Crippen molar-refractivity contribution in [3.63, 3.8) is 0 Å². The average molecular weight is 609 g/mol. The fourth-order valence-electron chi connectivity index (χ4n) is 2.08. The highest BCUT2D eigenvalue weighted by molar-refractivity contribution is 14.1. The molecule has 0 aliphatic rings. The summed E-state index contributed by atoms with van der Waals surface area (Å²) in [4.78, 5) is 13.1. The van der Waals surface area contributed by atoms with Crippen molar-refractivity contribution in [3.05, 3.63) is 54.1 Å². The molecule has 1 heterocycles. The van der Waals surface area contributed by atoms with E-state index in [2.05, 4.69) is 48.5 Å². The number of benzene rings is 2. The van der Waals surface area contributed by atoms with E-state index in [0.29, 0.717) is 25.5 Å². The lowest BCUT2D eigenvalue weighted by molar-refractivity contribution is -0.122. The molecule has 0 saturated carbocycles. The molecule has 0 aliphatic heterocycles. The number of aromatic nitrogens is 4. The van der Waals surface area contributed by atoms with Crippen molar-refractivity contribution < 1.29 is 9.90 Å². The smallest absolute Gasteiger partial charge is 0.263 e. The maximum absolute atomic E-state index is 12.0. The van der Waals surface area contributed by atoms with Crippen molar-refractivity contribution in [2.45, 2.75) is 6.54 Å². The van der Waals surface area contributed by atoms with Crippen LogP contribution in [-0.4, -0.2) is 37.4 Å². The summed E-state index contributed by atoms with van der Waals surface area (Å²) >= 11 is 10.3. The van der Waals surface area contributed by atoms with E-state index in [1.54, 1.807) is 24.3 Å². The number of hydrogen-bond donors (Lipinski definition) is 2. The molecule has 2 aromatic carbocycles. The minimum atomic E-state index is -0.436. The highest BCUT2D eigenvalue weighted by Crippen LogP contribution is 2.25. The topological polar surface area (TPSA) is 105 Å². The van der Waals surface area contributed by atoms with Crippen LogP contribution in [0.4, 0.5) is 0 Å². The lowest BCUT2D eigenvalue weighted by atomic mass is 10.2. The molecule has 0 fully saturated rings. The van der Waals surface area contributed by atoms with Gasteiger partial charge in [-0.2, -0.15) is 9.90 Å². The number of phenols is 1. The first-order valence-electron chi connectivity index (χ1n) is 7.46. The predicted octanol–water partition coefficient (Wildman–Crippen LogP) is 3.06. The van der Waals surface area contributed by atoms with Gasteiger partial charge in [0.15, 0.2) is 0 Å². The molecule has 0 saturated heterocycles. The Hall–Kier alpha value is -1.80. The summed E-state index contributed by atoms with van der Waals surface area (Å²) in [5.74, 6) is 0.000715. The predicted molar refractivity (Wildman–Crippen MR) is 118 cm³/mol. The van der Waals surface area contributed by atoms with Gasteiger partial charge in [-0.25, -0.2) is 5.43 Å². The van der Waals surface area contributed by atoms with Gasteiger partial charge in [-0.15, -0.1) is 10.2 Å². The Morgan fingerprint density at radius 1 is 1.33 bits per heavy atom. The molecule has 0 bridgehead atoms. The van der Waals surface area contributed by atoms with E-state index >= 15 is 0 Å². The van der Waals surface area contributed by atoms with Crippen molar-refractivity contribution in [1.82, 2.24) is 25.6 Å². The average Bonchev–Trinajstić information content (AvgIpc) is 3.07. The quantitative estimate of drug-likeness (QED) is 0.263. The van der Waals surface area contributed by atoms with Gasteiger partial charge in [0, 0.05) is 14.7 Å². The number of rotatable bonds is 5. The number of phenolic OH excluding ortho intramolecular Hbond substituents is 1. The number of amides is 1. The van der Waals surface area contributed by atoms with Gasteiger partial charge in [0.2, 0.25) is 5.82 Å². The molecular weight excluding hydrogens is 597 g/mol. The zero-order valence-corrected chi connectivity index (χ0v) is 18.5. The fourth-order valence-corrected chi connectivity index (χ4v) is 4.19. The Morgan fingerprint density at radius 2 is 2.11 bits per heavy atom. The Labute approximate surface area is 186 Å². The van der Waals surface area contributed by atoms with Crippen LogP contribution < -0.4 is 5.43 Å². The third kappa shape index (κ3) is 5.13. The summed E-state index contributed by atoms with van der Waals surface area (Å²) in [5.41, 5.74) is 3.50. The molecule has 11 heteroatoms. The minimum absolute atomic E-state index is 0.108. The number of nitrogens with one attached hydrogen (secondary N) is 1. The maximum atomic E-state index is 12.0. The van der Waals surface area contributed by atoms with Crippen LogP contribution in [0.2, 0.25) is 5.02 Å². The van der Waals surface area contributed by atoms with E-state index in [4.69, 9.17) is 11.6 Å². The first-order valence-corrected chi connectivity index (χ1v) is 10.00. The molecule has 0 unspecified atom stereocenters. The van der Waals surface area contributed by atoms with E-state index in [0.717, 1.165) is 8.37 Å². The van der Waals surface area contributed by atoms with Crippen molar-refractivity contribution in [3.8, 4) is 17.1 Å². The third-order valence-corrected chi connectivity index (χ3v) is 5.08. The van der Waals surface area contributed by atoms with E-state index in [-0.39, 0.29) is 12.3 Å². The molecule has 138 valence electrons. The molecule has 3 aromatic rings. The highest BCUT2D eigenvalue weighted by atomic mass is 127. The van der Waals surface area contributed by atoms with Gasteiger partial charge >= 0.3 is 0 Å². The van der Waals surface area contributed by atoms with Gasteiger partial charge in [-0.05, 0) is 74.7 Å². The molecule has 0 atom stereocenters. The number of hydrogen-bond acceptors (Lipinski definition) is 6. The molecule has 1 amide bonds. The first-order chi connectivity index (χ1) is 12.9. The number of nitrogens with zero attached hydrogens (tertiary/aromatic N) is 5. The Kier molecular flexibility index (Phi) is 6.59. The number of tetrazole rings is 1. The van der Waals surface area contributed by atoms with Gasteiger partial charge in [0.1, 0.15) is 12.3 Å². The lowest BCUT2D eigenvalue weighted by Crippen LogP contribution is -2.24. The SMILES string of the molecule is O=C(Cn1nnc(-c2ccccc2Cl)n1)N/N=C\c1cc(I)cc(I)c1O. The zero-order valence-electron chi connectivity index (χ0n) is 13.5. The summed E-state index contributed by atoms with van der Waals surface area (Å²) < 4.78 is 1.65. The summed E-state index contributed by atoms with van der Waals surface area (Å²) in [7, 11) is 0. The van der Waals surface area contributed by atoms with Crippen LogP contribution in [0.1, 0.15) is 5.56 Å². The number of carbonyl (C=O) groups is 1. The summed E-state index contributed by atoms with van der Waals surface area (Å²) in [6.07, 6.45) is 1.38. The normalized spacial score (nSPS) is 11.1. The van der Waals surface area contributed by atoms with E-state index in [1.807, 2.05) is 34.7 Å². The Bertz CT molecular complexity index is 1020. The second-order valence-electron chi connectivity index (χ2n) is 5.24. The monoisotopic (exact) mass is 608 g/mol. The molecule has 8 nitrogen and oxygen atoms in total. The number of halogens is 3. The third-order valence-electron chi connectivity index (χ3n) is 3.30. The van der Waals surface area contributed by atoms with E-state index < -0.39 is 5.91 Å². The first kappa shape index (κ1) is 19.9. The second kappa shape index (κ2) is 8.93. The Balaban J connectivity index is 1.63. The van der Waals surface area contributed by atoms with Gasteiger partial charge < -0.3 is 5.11 Å². The summed E-state index contributed by atoms with van der Waals surface area (Å²) in [6, 6.07) is 10.7. The van der Waals surface area contributed by atoms with Crippen LogP contribution in [0.5, 0.6) is 5.75 Å². The van der Waals surface area contributed by atoms with Crippen LogP contribution in [0.3, 0.4) is 0 Å². The Morgan fingerprint density at radius 3 is 2.89 bits per heavy atom. The molecule has 0 aliphatic carbocycles. The molecule has 0 radical (unpaired) electrons. The molecule has 3 rings (SSSR count). The van der Waals surface area contributed by atoms with Crippen LogP contribution in [0, 0.1) is 7.14 Å². The van der Waals surface area contributed by atoms with Gasteiger partial charge in [0.05, 0.1) is 14.8 Å². The zero-order chi connectivity index (χ0) is 19.4. The number of hydrazone groups is 1. The van der Waals surface area contributed by atoms with Gasteiger partial charge in [-0.3, -0.25) is 4.79 Å². The van der Waals surface area contributed by atoms with Crippen LogP contribution in [0.15, 0.2) is 41.5 Å². The van der Waals surface area contributed by atoms with Crippen LogP contribution in [0.25, 0.3) is 11.4 Å². The van der Waals surface area contributed by atoms with Crippen molar-refractivity contribution in [2.75, 3.05) is 0 Å². The van der Waals surface area contributed by atoms with Crippen molar-refractivity contribution >= 4 is 68.9 Å². The summed E-state index contributed by atoms with van der Waals surface area (Å²) in [6.45, 7) is -0.162. The molecule has 0 spiro atoms. The molecule has 2 N–H and O–H groups in total. The largest absolute Gasteiger partial charge is 0.506 e. The van der Waals surface area contributed by atoms with Crippen molar-refractivity contribution in [2.24, 2.45) is 5.10 Å². The van der Waals surface area contributed by atoms with E-state index in [9.17, 15) is 9.90 Å². The number of aromatic hydroxyl groups is 1. The van der Waals surface area contributed by atoms with Crippen molar-refractivity contribution in [1.29, 1.82) is 0 Å². The summed E-state index contributed by atoms with van der Waals surface area (Å²) in [5, 5.41) is 26.2. The van der Waals surface area contributed by atoms with Crippen LogP contribution >= 0.6 is 56.8 Å². The highest BCUT2D eigenvalue weighted by Gasteiger charge is 2.11. The molecular formula is C16H11ClI2N6O2. The fraction of sp³-hybridized carbons (Fsp3) is 0.0625. The van der Waals surface area contributed by atoms with Gasteiger partial charge in [0.25, 0.3) is 5.91 Å². The van der Waals surface area contributed by atoms with Crippen LogP contribution in [-0.2, 0) is 11.3 Å². The second-order valence-corrected chi connectivity index (χ2v) is 8.06. The standard InChI is InChI=1S/C16H11ClI2N6O2/c17-12-4-2-1-3-11(12)16-22-24-25(23-16)8-14(26)21-20-7-9-5-10(18)6-13(19)15(9)27/h1-7,27H,8H2,(H,21,26)/b20-7-.